The van der Waals surface area contributed by atoms with Crippen molar-refractivity contribution in [2.24, 2.45) is 0 Å². The van der Waals surface area contributed by atoms with Crippen molar-refractivity contribution in [3.8, 4) is 0 Å². The van der Waals surface area contributed by atoms with Crippen LogP contribution in [-0.2, 0) is 6.54 Å². The van der Waals surface area contributed by atoms with Crippen molar-refractivity contribution < 1.29 is 13.2 Å². The molecule has 1 saturated heterocycles. The fourth-order valence-corrected chi connectivity index (χ4v) is 2.37. The zero-order valence-electron chi connectivity index (χ0n) is 9.24. The van der Waals surface area contributed by atoms with E-state index in [1.807, 2.05) is 12.1 Å². The lowest BCUT2D eigenvalue weighted by molar-refractivity contribution is -0.177. The Kier molecular flexibility index (Phi) is 3.68. The van der Waals surface area contributed by atoms with Crippen LogP contribution in [0.5, 0.6) is 0 Å². The van der Waals surface area contributed by atoms with Gasteiger partial charge in [0, 0.05) is 11.4 Å². The van der Waals surface area contributed by atoms with Crippen LogP contribution in [-0.4, -0.2) is 23.7 Å². The minimum atomic E-state index is -4.11. The molecule has 1 aromatic rings. The fraction of sp³-hybridized carbons (Fsp3) is 0.500. The average molecular weight is 261 g/mol. The van der Waals surface area contributed by atoms with Crippen LogP contribution in [0.15, 0.2) is 29.2 Å². The summed E-state index contributed by atoms with van der Waals surface area (Å²) in [6.45, 7) is 0.880. The number of hydrogen-bond donors (Lipinski definition) is 1. The van der Waals surface area contributed by atoms with E-state index in [4.69, 9.17) is 0 Å². The molecule has 0 aliphatic carbocycles. The third-order valence-electron chi connectivity index (χ3n) is 3.06. The van der Waals surface area contributed by atoms with Crippen molar-refractivity contribution in [1.82, 2.24) is 4.90 Å². The van der Waals surface area contributed by atoms with Gasteiger partial charge in [0.2, 0.25) is 0 Å². The molecule has 0 N–H and O–H groups in total. The Balaban J connectivity index is 2.05. The van der Waals surface area contributed by atoms with Crippen LogP contribution in [0.4, 0.5) is 13.2 Å². The molecule has 1 heterocycles. The second-order valence-electron chi connectivity index (χ2n) is 4.34. The Bertz CT molecular complexity index is 374. The molecule has 1 nitrogen and oxygen atoms in total. The summed E-state index contributed by atoms with van der Waals surface area (Å²) in [5.41, 5.74) is 0.902. The van der Waals surface area contributed by atoms with Crippen molar-refractivity contribution in [1.29, 1.82) is 0 Å². The quantitative estimate of drug-likeness (QED) is 0.797. The molecule has 0 unspecified atom stereocenters. The largest absolute Gasteiger partial charge is 0.404 e. The maximum Gasteiger partial charge on any atom is 0.404 e. The highest BCUT2D eigenvalue weighted by molar-refractivity contribution is 7.80. The molecular weight excluding hydrogens is 247 g/mol. The van der Waals surface area contributed by atoms with Gasteiger partial charge in [-0.15, -0.1) is 12.6 Å². The first kappa shape index (κ1) is 12.8. The monoisotopic (exact) mass is 261 g/mol. The van der Waals surface area contributed by atoms with E-state index in [0.29, 0.717) is 19.5 Å². The molecule has 0 aromatic heterocycles. The number of halogens is 3. The molecule has 5 heteroatoms. The van der Waals surface area contributed by atoms with Crippen LogP contribution < -0.4 is 0 Å². The lowest BCUT2D eigenvalue weighted by atomic mass is 10.2. The molecular formula is C12H14F3NS. The first-order valence-electron chi connectivity index (χ1n) is 5.55. The summed E-state index contributed by atoms with van der Waals surface area (Å²) in [5, 5.41) is 0. The fourth-order valence-electron chi connectivity index (χ4n) is 2.22. The second-order valence-corrected chi connectivity index (χ2v) is 4.85. The van der Waals surface area contributed by atoms with E-state index in [-0.39, 0.29) is 6.42 Å². The summed E-state index contributed by atoms with van der Waals surface area (Å²) in [6, 6.07) is 5.98. The van der Waals surface area contributed by atoms with Crippen LogP contribution in [0.1, 0.15) is 18.4 Å². The van der Waals surface area contributed by atoms with Crippen LogP contribution in [0, 0.1) is 0 Å². The van der Waals surface area contributed by atoms with Crippen molar-refractivity contribution in [2.45, 2.75) is 36.5 Å². The van der Waals surface area contributed by atoms with E-state index in [0.717, 1.165) is 10.5 Å². The highest BCUT2D eigenvalue weighted by Crippen LogP contribution is 2.33. The van der Waals surface area contributed by atoms with E-state index >= 15 is 0 Å². The number of nitrogens with zero attached hydrogens (tertiary/aromatic N) is 1. The van der Waals surface area contributed by atoms with Gasteiger partial charge in [-0.25, -0.2) is 0 Å². The van der Waals surface area contributed by atoms with Crippen molar-refractivity contribution >= 4 is 12.6 Å². The number of benzene rings is 1. The summed E-state index contributed by atoms with van der Waals surface area (Å²) >= 11 is 4.15. The standard InChI is InChI=1S/C12H14F3NS/c13-12(14,15)11-2-1-7-16(11)8-9-3-5-10(17)6-4-9/h3-6,11,17H,1-2,7-8H2/t11-/m0/s1. The molecule has 17 heavy (non-hydrogen) atoms. The van der Waals surface area contributed by atoms with Crippen LogP contribution >= 0.6 is 12.6 Å². The van der Waals surface area contributed by atoms with Gasteiger partial charge in [-0.3, -0.25) is 4.90 Å². The maximum atomic E-state index is 12.7. The normalized spacial score (nSPS) is 22.0. The Morgan fingerprint density at radius 3 is 2.47 bits per heavy atom. The van der Waals surface area contributed by atoms with E-state index in [9.17, 15) is 13.2 Å². The molecule has 0 spiro atoms. The lowest BCUT2D eigenvalue weighted by Gasteiger charge is -2.26. The summed E-state index contributed by atoms with van der Waals surface area (Å²) in [5.74, 6) is 0. The molecule has 94 valence electrons. The van der Waals surface area contributed by atoms with Gasteiger partial charge < -0.3 is 0 Å². The first-order valence-corrected chi connectivity index (χ1v) is 6.00. The minimum Gasteiger partial charge on any atom is -0.288 e. The van der Waals surface area contributed by atoms with Gasteiger partial charge in [0.25, 0.3) is 0 Å². The Morgan fingerprint density at radius 1 is 1.24 bits per heavy atom. The second kappa shape index (κ2) is 4.90. The first-order chi connectivity index (χ1) is 7.97. The number of hydrogen-bond acceptors (Lipinski definition) is 2. The Morgan fingerprint density at radius 2 is 1.88 bits per heavy atom. The molecule has 0 bridgehead atoms. The van der Waals surface area contributed by atoms with Gasteiger partial charge >= 0.3 is 6.18 Å². The molecule has 1 aliphatic heterocycles. The summed E-state index contributed by atoms with van der Waals surface area (Å²) in [4.78, 5) is 2.33. The number of likely N-dealkylation sites (tertiary alicyclic amines) is 1. The lowest BCUT2D eigenvalue weighted by Crippen LogP contribution is -2.40. The minimum absolute atomic E-state index is 0.216. The topological polar surface area (TPSA) is 3.24 Å². The Hall–Kier alpha value is -0.680. The molecule has 0 radical (unpaired) electrons. The van der Waals surface area contributed by atoms with E-state index in [1.165, 1.54) is 4.90 Å². The van der Waals surface area contributed by atoms with Gasteiger partial charge in [0.15, 0.2) is 0 Å². The average Bonchev–Trinajstić information content (AvgIpc) is 2.69. The molecule has 2 rings (SSSR count). The van der Waals surface area contributed by atoms with Crippen molar-refractivity contribution in [3.63, 3.8) is 0 Å². The third-order valence-corrected chi connectivity index (χ3v) is 3.36. The zero-order valence-corrected chi connectivity index (χ0v) is 10.1. The Labute approximate surface area is 104 Å². The molecule has 1 atom stereocenters. The van der Waals surface area contributed by atoms with Crippen molar-refractivity contribution in [2.75, 3.05) is 6.54 Å². The van der Waals surface area contributed by atoms with Gasteiger partial charge in [-0.1, -0.05) is 12.1 Å². The molecule has 0 saturated carbocycles. The summed E-state index contributed by atoms with van der Waals surface area (Å²) in [7, 11) is 0. The SMILES string of the molecule is FC(F)(F)[C@@H]1CCCN1Cc1ccc(S)cc1. The number of rotatable bonds is 2. The zero-order chi connectivity index (χ0) is 12.5. The highest BCUT2D eigenvalue weighted by atomic mass is 32.1. The van der Waals surface area contributed by atoms with Gasteiger partial charge in [0.1, 0.15) is 6.04 Å². The molecule has 0 amide bonds. The predicted octanol–water partition coefficient (Wildman–Crippen LogP) is 3.50. The van der Waals surface area contributed by atoms with Crippen LogP contribution in [0.2, 0.25) is 0 Å². The summed E-state index contributed by atoms with van der Waals surface area (Å²) < 4.78 is 38.2. The summed E-state index contributed by atoms with van der Waals surface area (Å²) in [6.07, 6.45) is -3.27. The predicted molar refractivity (Wildman–Crippen MR) is 63.2 cm³/mol. The number of alkyl halides is 3. The maximum absolute atomic E-state index is 12.7. The van der Waals surface area contributed by atoms with E-state index in [2.05, 4.69) is 12.6 Å². The van der Waals surface area contributed by atoms with Crippen LogP contribution in [0.25, 0.3) is 0 Å². The molecule has 1 aromatic carbocycles. The molecule has 1 fully saturated rings. The van der Waals surface area contributed by atoms with Crippen LogP contribution in [0.3, 0.4) is 0 Å². The third kappa shape index (κ3) is 3.16. The van der Waals surface area contributed by atoms with Crippen molar-refractivity contribution in [3.05, 3.63) is 29.8 Å². The van der Waals surface area contributed by atoms with Gasteiger partial charge in [-0.2, -0.15) is 13.2 Å². The van der Waals surface area contributed by atoms with Gasteiger partial charge in [-0.05, 0) is 37.1 Å². The molecule has 1 aliphatic rings. The number of thiol groups is 1. The smallest absolute Gasteiger partial charge is 0.288 e. The van der Waals surface area contributed by atoms with E-state index < -0.39 is 12.2 Å². The van der Waals surface area contributed by atoms with E-state index in [1.54, 1.807) is 12.1 Å². The highest BCUT2D eigenvalue weighted by Gasteiger charge is 2.45. The van der Waals surface area contributed by atoms with Gasteiger partial charge in [0.05, 0.1) is 0 Å².